The smallest absolute Gasteiger partial charge is 0.134 e. The molecule has 0 aliphatic carbocycles. The third kappa shape index (κ3) is 3.76. The summed E-state index contributed by atoms with van der Waals surface area (Å²) in [6, 6.07) is 25.7. The van der Waals surface area contributed by atoms with E-state index in [2.05, 4.69) is 89.5 Å². The van der Waals surface area contributed by atoms with Crippen LogP contribution in [-0.2, 0) is 0 Å². The number of hydrogen-bond donors (Lipinski definition) is 0. The third-order valence-electron chi connectivity index (χ3n) is 5.63. The van der Waals surface area contributed by atoms with Crippen LogP contribution in [0.3, 0.4) is 0 Å². The quantitative estimate of drug-likeness (QED) is 0.614. The lowest BCUT2D eigenvalue weighted by atomic mass is 9.95. The average molecular weight is 373 g/mol. The van der Waals surface area contributed by atoms with Crippen LogP contribution in [0.15, 0.2) is 72.8 Å². The second kappa shape index (κ2) is 8.49. The third-order valence-corrected chi connectivity index (χ3v) is 5.63. The maximum Gasteiger partial charge on any atom is 0.134 e. The van der Waals surface area contributed by atoms with Gasteiger partial charge in [0.05, 0.1) is 7.11 Å². The van der Waals surface area contributed by atoms with Gasteiger partial charge in [-0.05, 0) is 29.8 Å². The number of likely N-dealkylation sites (N-methyl/N-ethyl adjacent to an activating group) is 1. The molecule has 0 N–H and O–H groups in total. The summed E-state index contributed by atoms with van der Waals surface area (Å²) in [4.78, 5) is 5.01. The number of ether oxygens (including phenoxy) is 1. The molecule has 0 aromatic heterocycles. The fraction of sp³-hybridized carbons (Fsp3) is 0.280. The molecular formula is C25H28N2O. The highest BCUT2D eigenvalue weighted by atomic mass is 16.5. The molecule has 0 radical (unpaired) electrons. The number of hydrogen-bond acceptors (Lipinski definition) is 3. The Morgan fingerprint density at radius 3 is 1.68 bits per heavy atom. The molecule has 0 bridgehead atoms. The van der Waals surface area contributed by atoms with E-state index < -0.39 is 0 Å². The van der Waals surface area contributed by atoms with E-state index in [1.165, 1.54) is 16.8 Å². The van der Waals surface area contributed by atoms with Gasteiger partial charge in [0, 0.05) is 43.0 Å². The van der Waals surface area contributed by atoms with Crippen LogP contribution < -0.4 is 9.64 Å². The standard InChI is InChI=1S/C25H28N2O/c1-3-26-14-16-27(17-15-26)22-18-23(20-10-6-4-7-11-20)25(28-2)24(19-22)21-12-8-5-9-13-21/h4-13,18-19H,3,14-17H2,1-2H3. The minimum Gasteiger partial charge on any atom is -0.495 e. The van der Waals surface area contributed by atoms with Crippen LogP contribution in [0.5, 0.6) is 5.75 Å². The second-order valence-corrected chi connectivity index (χ2v) is 7.23. The van der Waals surface area contributed by atoms with Gasteiger partial charge in [0.15, 0.2) is 0 Å². The zero-order valence-electron chi connectivity index (χ0n) is 16.8. The molecule has 1 heterocycles. The Labute approximate surface area is 168 Å². The van der Waals surface area contributed by atoms with Crippen molar-refractivity contribution in [1.82, 2.24) is 4.90 Å². The Balaban J connectivity index is 1.83. The van der Waals surface area contributed by atoms with E-state index in [1.54, 1.807) is 7.11 Å². The highest BCUT2D eigenvalue weighted by Crippen LogP contribution is 2.42. The number of benzene rings is 3. The lowest BCUT2D eigenvalue weighted by Crippen LogP contribution is -2.46. The highest BCUT2D eigenvalue weighted by molar-refractivity contribution is 5.86. The molecule has 4 rings (SSSR count). The van der Waals surface area contributed by atoms with Crippen LogP contribution in [0, 0.1) is 0 Å². The largest absolute Gasteiger partial charge is 0.495 e. The Morgan fingerprint density at radius 1 is 0.750 bits per heavy atom. The summed E-state index contributed by atoms with van der Waals surface area (Å²) in [6.07, 6.45) is 0. The van der Waals surface area contributed by atoms with E-state index in [-0.39, 0.29) is 0 Å². The van der Waals surface area contributed by atoms with Crippen molar-refractivity contribution in [3.8, 4) is 28.0 Å². The van der Waals surface area contributed by atoms with E-state index in [9.17, 15) is 0 Å². The van der Waals surface area contributed by atoms with E-state index in [4.69, 9.17) is 4.74 Å². The first-order valence-corrected chi connectivity index (χ1v) is 10.1. The van der Waals surface area contributed by atoms with Crippen molar-refractivity contribution in [2.45, 2.75) is 6.92 Å². The van der Waals surface area contributed by atoms with E-state index in [1.807, 2.05) is 0 Å². The second-order valence-electron chi connectivity index (χ2n) is 7.23. The van der Waals surface area contributed by atoms with E-state index in [0.717, 1.165) is 49.6 Å². The number of anilines is 1. The van der Waals surface area contributed by atoms with Crippen molar-refractivity contribution < 1.29 is 4.74 Å². The molecule has 0 unspecified atom stereocenters. The number of rotatable bonds is 5. The molecule has 1 aliphatic heterocycles. The topological polar surface area (TPSA) is 15.7 Å². The fourth-order valence-corrected chi connectivity index (χ4v) is 4.00. The maximum absolute atomic E-state index is 5.94. The summed E-state index contributed by atoms with van der Waals surface area (Å²) in [5.74, 6) is 0.938. The normalized spacial score (nSPS) is 14.9. The Kier molecular flexibility index (Phi) is 5.63. The van der Waals surface area contributed by atoms with Crippen molar-refractivity contribution >= 4 is 5.69 Å². The number of methoxy groups -OCH3 is 1. The van der Waals surface area contributed by atoms with Crippen molar-refractivity contribution in [1.29, 1.82) is 0 Å². The van der Waals surface area contributed by atoms with Gasteiger partial charge < -0.3 is 14.5 Å². The van der Waals surface area contributed by atoms with Gasteiger partial charge in [-0.25, -0.2) is 0 Å². The molecule has 1 saturated heterocycles. The van der Waals surface area contributed by atoms with Gasteiger partial charge in [0.25, 0.3) is 0 Å². The lowest BCUT2D eigenvalue weighted by molar-refractivity contribution is 0.271. The van der Waals surface area contributed by atoms with Crippen molar-refractivity contribution in [2.24, 2.45) is 0 Å². The Hall–Kier alpha value is -2.78. The van der Waals surface area contributed by atoms with Gasteiger partial charge in [0.2, 0.25) is 0 Å². The molecule has 0 atom stereocenters. The zero-order chi connectivity index (χ0) is 19.3. The lowest BCUT2D eigenvalue weighted by Gasteiger charge is -2.36. The number of piperazine rings is 1. The molecule has 1 aliphatic rings. The zero-order valence-corrected chi connectivity index (χ0v) is 16.8. The van der Waals surface area contributed by atoms with E-state index >= 15 is 0 Å². The van der Waals surface area contributed by atoms with Crippen molar-refractivity contribution in [3.05, 3.63) is 72.8 Å². The van der Waals surface area contributed by atoms with Crippen LogP contribution in [0.1, 0.15) is 6.92 Å². The van der Waals surface area contributed by atoms with Gasteiger partial charge in [-0.1, -0.05) is 67.6 Å². The first kappa shape index (κ1) is 18.6. The van der Waals surface area contributed by atoms with Gasteiger partial charge in [-0.15, -0.1) is 0 Å². The first-order valence-electron chi connectivity index (χ1n) is 10.1. The monoisotopic (exact) mass is 372 g/mol. The first-order chi connectivity index (χ1) is 13.8. The van der Waals surface area contributed by atoms with E-state index in [0.29, 0.717) is 0 Å². The summed E-state index contributed by atoms with van der Waals surface area (Å²) < 4.78 is 5.94. The van der Waals surface area contributed by atoms with Crippen molar-refractivity contribution in [3.63, 3.8) is 0 Å². The molecule has 3 heteroatoms. The summed E-state index contributed by atoms with van der Waals surface area (Å²) in [6.45, 7) is 7.71. The van der Waals surface area contributed by atoms with Gasteiger partial charge in [-0.2, -0.15) is 0 Å². The van der Waals surface area contributed by atoms with Crippen LogP contribution in [0.4, 0.5) is 5.69 Å². The van der Waals surface area contributed by atoms with Crippen LogP contribution in [0.2, 0.25) is 0 Å². The summed E-state index contributed by atoms with van der Waals surface area (Å²) in [7, 11) is 1.77. The molecule has 0 saturated carbocycles. The summed E-state index contributed by atoms with van der Waals surface area (Å²) >= 11 is 0. The van der Waals surface area contributed by atoms with Crippen LogP contribution in [-0.4, -0.2) is 44.7 Å². The van der Waals surface area contributed by atoms with Gasteiger partial charge in [0.1, 0.15) is 5.75 Å². The minimum atomic E-state index is 0.938. The Morgan fingerprint density at radius 2 is 1.25 bits per heavy atom. The van der Waals surface area contributed by atoms with Crippen LogP contribution >= 0.6 is 0 Å². The average Bonchev–Trinajstić information content (AvgIpc) is 2.79. The molecule has 144 valence electrons. The SMILES string of the molecule is CCN1CCN(c2cc(-c3ccccc3)c(OC)c(-c3ccccc3)c2)CC1. The predicted octanol–water partition coefficient (Wildman–Crippen LogP) is 5.17. The van der Waals surface area contributed by atoms with Crippen molar-refractivity contribution in [2.75, 3.05) is 44.7 Å². The highest BCUT2D eigenvalue weighted by Gasteiger charge is 2.20. The molecule has 1 fully saturated rings. The fourth-order valence-electron chi connectivity index (χ4n) is 4.00. The molecule has 0 spiro atoms. The number of nitrogens with zero attached hydrogens (tertiary/aromatic N) is 2. The summed E-state index contributed by atoms with van der Waals surface area (Å²) in [5, 5.41) is 0. The predicted molar refractivity (Wildman–Crippen MR) is 118 cm³/mol. The minimum absolute atomic E-state index is 0.938. The van der Waals surface area contributed by atoms with Gasteiger partial charge in [-0.3, -0.25) is 0 Å². The molecule has 28 heavy (non-hydrogen) atoms. The van der Waals surface area contributed by atoms with Gasteiger partial charge >= 0.3 is 0 Å². The molecule has 3 aromatic rings. The maximum atomic E-state index is 5.94. The molecule has 3 nitrogen and oxygen atoms in total. The molecular weight excluding hydrogens is 344 g/mol. The summed E-state index contributed by atoms with van der Waals surface area (Å²) in [5.41, 5.74) is 5.94. The molecule has 3 aromatic carbocycles. The Bertz CT molecular complexity index is 840. The van der Waals surface area contributed by atoms with Crippen LogP contribution in [0.25, 0.3) is 22.3 Å². The molecule has 0 amide bonds.